The van der Waals surface area contributed by atoms with Crippen molar-refractivity contribution in [3.8, 4) is 0 Å². The maximum atomic E-state index is 13.3. The van der Waals surface area contributed by atoms with Gasteiger partial charge in [0.05, 0.1) is 4.92 Å². The van der Waals surface area contributed by atoms with Gasteiger partial charge < -0.3 is 5.32 Å². The summed E-state index contributed by atoms with van der Waals surface area (Å²) >= 11 is 0. The predicted molar refractivity (Wildman–Crippen MR) is 64.5 cm³/mol. The van der Waals surface area contributed by atoms with Gasteiger partial charge in [-0.25, -0.2) is 0 Å². The first-order chi connectivity index (χ1) is 8.08. The van der Waals surface area contributed by atoms with E-state index < -0.39 is 16.4 Å². The number of rotatable bonds is 6. The minimum atomic E-state index is -0.759. The summed E-state index contributed by atoms with van der Waals surface area (Å²) in [4.78, 5) is 9.74. The van der Waals surface area contributed by atoms with E-state index in [0.29, 0.717) is 12.5 Å². The predicted octanol–water partition coefficient (Wildman–Crippen LogP) is 2.66. The Labute approximate surface area is 100.0 Å². The van der Waals surface area contributed by atoms with Gasteiger partial charge in [-0.1, -0.05) is 13.0 Å². The molecule has 0 amide bonds. The molecule has 0 radical (unpaired) electrons. The number of hydrogen-bond acceptors (Lipinski definition) is 3. The third kappa shape index (κ3) is 3.78. The number of aryl methyl sites for hydroxylation is 1. The average Bonchev–Trinajstić information content (AvgIpc) is 2.30. The summed E-state index contributed by atoms with van der Waals surface area (Å²) in [7, 11) is 1.89. The van der Waals surface area contributed by atoms with Crippen LogP contribution in [0.15, 0.2) is 18.2 Å². The Balaban J connectivity index is 2.67. The highest BCUT2D eigenvalue weighted by atomic mass is 19.1. The second kappa shape index (κ2) is 6.30. The lowest BCUT2D eigenvalue weighted by atomic mass is 10.0. The fourth-order valence-electron chi connectivity index (χ4n) is 1.75. The van der Waals surface area contributed by atoms with Gasteiger partial charge in [0, 0.05) is 12.1 Å². The summed E-state index contributed by atoms with van der Waals surface area (Å²) < 4.78 is 13.3. The molecule has 5 heteroatoms. The zero-order valence-corrected chi connectivity index (χ0v) is 10.1. The Bertz CT molecular complexity index is 392. The van der Waals surface area contributed by atoms with Crippen molar-refractivity contribution in [2.45, 2.75) is 32.2 Å². The van der Waals surface area contributed by atoms with Crippen LogP contribution in [0.4, 0.5) is 10.1 Å². The van der Waals surface area contributed by atoms with Crippen molar-refractivity contribution in [2.75, 3.05) is 7.05 Å². The van der Waals surface area contributed by atoms with E-state index in [2.05, 4.69) is 12.2 Å². The molecular weight excluding hydrogens is 223 g/mol. The third-order valence-electron chi connectivity index (χ3n) is 2.89. The fourth-order valence-corrected chi connectivity index (χ4v) is 1.75. The Hall–Kier alpha value is -1.49. The van der Waals surface area contributed by atoms with Gasteiger partial charge in [0.2, 0.25) is 5.82 Å². The number of halogens is 1. The maximum Gasteiger partial charge on any atom is 0.304 e. The smallest absolute Gasteiger partial charge is 0.304 e. The lowest BCUT2D eigenvalue weighted by molar-refractivity contribution is -0.387. The quantitative estimate of drug-likeness (QED) is 0.614. The maximum absolute atomic E-state index is 13.3. The first-order valence-corrected chi connectivity index (χ1v) is 5.68. The number of hydrogen-bond donors (Lipinski definition) is 1. The van der Waals surface area contributed by atoms with Crippen molar-refractivity contribution in [2.24, 2.45) is 0 Å². The molecule has 0 aliphatic heterocycles. The minimum absolute atomic E-state index is 0.397. The molecule has 1 unspecified atom stereocenters. The van der Waals surface area contributed by atoms with Crippen LogP contribution in [0.3, 0.4) is 0 Å². The van der Waals surface area contributed by atoms with Crippen molar-refractivity contribution in [1.82, 2.24) is 5.32 Å². The molecule has 1 atom stereocenters. The zero-order chi connectivity index (χ0) is 12.8. The molecule has 0 heterocycles. The van der Waals surface area contributed by atoms with E-state index in [9.17, 15) is 14.5 Å². The monoisotopic (exact) mass is 240 g/mol. The van der Waals surface area contributed by atoms with E-state index in [4.69, 9.17) is 0 Å². The van der Waals surface area contributed by atoms with Crippen LogP contribution in [0.1, 0.15) is 25.3 Å². The fraction of sp³-hybridized carbons (Fsp3) is 0.500. The molecule has 4 nitrogen and oxygen atoms in total. The summed E-state index contributed by atoms with van der Waals surface area (Å²) in [6.07, 6.45) is 2.62. The highest BCUT2D eigenvalue weighted by Crippen LogP contribution is 2.19. The van der Waals surface area contributed by atoms with E-state index in [1.54, 1.807) is 6.07 Å². The van der Waals surface area contributed by atoms with Crippen LogP contribution in [-0.4, -0.2) is 18.0 Å². The number of nitro groups is 1. The molecule has 0 aliphatic rings. The van der Waals surface area contributed by atoms with Gasteiger partial charge in [-0.3, -0.25) is 10.1 Å². The van der Waals surface area contributed by atoms with Gasteiger partial charge >= 0.3 is 5.69 Å². The van der Waals surface area contributed by atoms with Crippen molar-refractivity contribution in [3.05, 3.63) is 39.7 Å². The molecule has 17 heavy (non-hydrogen) atoms. The van der Waals surface area contributed by atoms with E-state index in [1.807, 2.05) is 7.05 Å². The molecule has 0 saturated carbocycles. The van der Waals surface area contributed by atoms with Gasteiger partial charge in [0.1, 0.15) is 0 Å². The molecule has 0 aliphatic carbocycles. The summed E-state index contributed by atoms with van der Waals surface area (Å²) in [6.45, 7) is 2.08. The normalized spacial score (nSPS) is 12.4. The van der Waals surface area contributed by atoms with Crippen LogP contribution in [-0.2, 0) is 6.42 Å². The molecule has 0 fully saturated rings. The lowest BCUT2D eigenvalue weighted by Crippen LogP contribution is -2.24. The second-order valence-corrected chi connectivity index (χ2v) is 3.98. The lowest BCUT2D eigenvalue weighted by Gasteiger charge is -2.13. The van der Waals surface area contributed by atoms with Gasteiger partial charge in [0.15, 0.2) is 0 Å². The first-order valence-electron chi connectivity index (χ1n) is 5.68. The zero-order valence-electron chi connectivity index (χ0n) is 10.1. The summed E-state index contributed by atoms with van der Waals surface area (Å²) in [5.74, 6) is -0.759. The molecule has 94 valence electrons. The molecule has 0 saturated heterocycles. The Morgan fingerprint density at radius 3 is 2.71 bits per heavy atom. The average molecular weight is 240 g/mol. The van der Waals surface area contributed by atoms with Crippen LogP contribution in [0.5, 0.6) is 0 Å². The molecule has 0 aromatic heterocycles. The summed E-state index contributed by atoms with van der Waals surface area (Å²) in [6, 6.07) is 4.49. The van der Waals surface area contributed by atoms with Crippen LogP contribution >= 0.6 is 0 Å². The standard InChI is InChI=1S/C12H17FN2O2/c1-3-10(14-2)6-4-9-5-7-12(15(16)17)11(13)8-9/h5,7-8,10,14H,3-4,6H2,1-2H3. The largest absolute Gasteiger partial charge is 0.317 e. The van der Waals surface area contributed by atoms with Crippen LogP contribution in [0, 0.1) is 15.9 Å². The first kappa shape index (κ1) is 13.6. The van der Waals surface area contributed by atoms with Gasteiger partial charge in [-0.15, -0.1) is 0 Å². The van der Waals surface area contributed by atoms with E-state index in [0.717, 1.165) is 18.4 Å². The molecule has 0 spiro atoms. The Kier molecular flexibility index (Phi) is 5.03. The van der Waals surface area contributed by atoms with E-state index in [1.165, 1.54) is 12.1 Å². The van der Waals surface area contributed by atoms with Crippen molar-refractivity contribution in [1.29, 1.82) is 0 Å². The topological polar surface area (TPSA) is 55.2 Å². The highest BCUT2D eigenvalue weighted by Gasteiger charge is 2.14. The van der Waals surface area contributed by atoms with Crippen LogP contribution in [0.25, 0.3) is 0 Å². The SMILES string of the molecule is CCC(CCc1ccc([N+](=O)[O-])c(F)c1)NC. The van der Waals surface area contributed by atoms with E-state index in [-0.39, 0.29) is 0 Å². The Morgan fingerprint density at radius 1 is 1.53 bits per heavy atom. The van der Waals surface area contributed by atoms with Gasteiger partial charge in [0.25, 0.3) is 0 Å². The number of benzene rings is 1. The molecule has 1 rings (SSSR count). The van der Waals surface area contributed by atoms with Crippen molar-refractivity contribution >= 4 is 5.69 Å². The molecular formula is C12H17FN2O2. The molecule has 0 bridgehead atoms. The number of nitro benzene ring substituents is 1. The summed E-state index contributed by atoms with van der Waals surface area (Å²) in [5.41, 5.74) is 0.330. The molecule has 1 aromatic rings. The van der Waals surface area contributed by atoms with Crippen molar-refractivity contribution < 1.29 is 9.31 Å². The number of nitrogens with one attached hydrogen (secondary N) is 1. The second-order valence-electron chi connectivity index (χ2n) is 3.98. The summed E-state index contributed by atoms with van der Waals surface area (Å²) in [5, 5.41) is 13.6. The van der Waals surface area contributed by atoms with Gasteiger partial charge in [-0.05, 0) is 37.9 Å². The van der Waals surface area contributed by atoms with Crippen LogP contribution < -0.4 is 5.32 Å². The van der Waals surface area contributed by atoms with Crippen molar-refractivity contribution in [3.63, 3.8) is 0 Å². The molecule has 1 aromatic carbocycles. The number of nitrogens with zero attached hydrogens (tertiary/aromatic N) is 1. The highest BCUT2D eigenvalue weighted by molar-refractivity contribution is 5.35. The van der Waals surface area contributed by atoms with E-state index >= 15 is 0 Å². The third-order valence-corrected chi connectivity index (χ3v) is 2.89. The van der Waals surface area contributed by atoms with Crippen LogP contribution in [0.2, 0.25) is 0 Å². The molecule has 1 N–H and O–H groups in total. The minimum Gasteiger partial charge on any atom is -0.317 e. The Morgan fingerprint density at radius 2 is 2.24 bits per heavy atom. The van der Waals surface area contributed by atoms with Gasteiger partial charge in [-0.2, -0.15) is 4.39 Å².